The Morgan fingerprint density at radius 1 is 0.923 bits per heavy atom. The minimum absolute atomic E-state index is 0.0438. The third-order valence-corrected chi connectivity index (χ3v) is 8.00. The highest BCUT2D eigenvalue weighted by Crippen LogP contribution is 2.46. The fourth-order valence-corrected chi connectivity index (χ4v) is 6.32. The summed E-state index contributed by atoms with van der Waals surface area (Å²) in [6, 6.07) is 22.9. The zero-order valence-electron chi connectivity index (χ0n) is 20.6. The van der Waals surface area contributed by atoms with Gasteiger partial charge in [0.15, 0.2) is 11.2 Å². The molecule has 0 amide bonds. The summed E-state index contributed by atoms with van der Waals surface area (Å²) in [5.41, 5.74) is 6.72. The first-order chi connectivity index (χ1) is 19.0. The third-order valence-electron chi connectivity index (χ3n) is 8.00. The fourth-order valence-electron chi connectivity index (χ4n) is 6.32. The molecular weight excluding hydrogens is 494 g/mol. The molecule has 9 heteroatoms. The Balaban J connectivity index is 1.57. The average Bonchev–Trinajstić information content (AvgIpc) is 3.51. The number of H-pyrrole nitrogens is 1. The van der Waals surface area contributed by atoms with E-state index in [0.717, 1.165) is 48.7 Å². The van der Waals surface area contributed by atoms with Gasteiger partial charge in [-0.15, -0.1) is 0 Å². The van der Waals surface area contributed by atoms with Crippen LogP contribution in [0, 0.1) is 0 Å². The van der Waals surface area contributed by atoms with E-state index < -0.39 is 24.0 Å². The lowest BCUT2D eigenvalue weighted by Gasteiger charge is -2.20. The summed E-state index contributed by atoms with van der Waals surface area (Å²) in [5, 5.41) is 29.0. The van der Waals surface area contributed by atoms with Gasteiger partial charge >= 0.3 is 0 Å². The average molecular weight is 518 g/mol. The van der Waals surface area contributed by atoms with Crippen molar-refractivity contribution in [1.29, 1.82) is 0 Å². The molecule has 1 aliphatic heterocycles. The molecule has 3 heterocycles. The van der Waals surface area contributed by atoms with Gasteiger partial charge in [-0.05, 0) is 43.1 Å². The van der Waals surface area contributed by atoms with Gasteiger partial charge in [0.2, 0.25) is 5.95 Å². The van der Waals surface area contributed by atoms with Crippen molar-refractivity contribution in [3.63, 3.8) is 0 Å². The van der Waals surface area contributed by atoms with E-state index in [1.54, 1.807) is 4.57 Å². The predicted molar refractivity (Wildman–Crippen MR) is 151 cm³/mol. The third kappa shape index (κ3) is 3.03. The molecule has 1 saturated heterocycles. The summed E-state index contributed by atoms with van der Waals surface area (Å²) >= 11 is 0. The normalized spacial score (nSPS) is 19.9. The van der Waals surface area contributed by atoms with Crippen LogP contribution in [0.3, 0.4) is 0 Å². The zero-order valence-corrected chi connectivity index (χ0v) is 20.6. The molecular formula is C30H23N5O4. The van der Waals surface area contributed by atoms with Crippen LogP contribution in [0.15, 0.2) is 71.5 Å². The van der Waals surface area contributed by atoms with Crippen LogP contribution >= 0.6 is 0 Å². The standard InChI is InChI=1S/C30H23N5O4/c31-30-33-28-26(29(38)34-30)32-27(35(28)22-12-20(37)21(13-36)39-22)25-17-7-2-1-6-16(17)18-10-8-14-4-3-5-15-9-11-19(25)24(18)23(14)15/h1-11,20-22,36-37H,12-13H2,(H3,31,33,34,38). The minimum atomic E-state index is -0.886. The maximum Gasteiger partial charge on any atom is 0.280 e. The van der Waals surface area contributed by atoms with E-state index in [1.807, 2.05) is 12.1 Å². The maximum atomic E-state index is 13.0. The number of aliphatic hydroxyl groups is 2. The van der Waals surface area contributed by atoms with Crippen LogP contribution in [-0.4, -0.2) is 48.5 Å². The van der Waals surface area contributed by atoms with Gasteiger partial charge < -0.3 is 20.7 Å². The van der Waals surface area contributed by atoms with Gasteiger partial charge in [0, 0.05) is 12.0 Å². The molecule has 0 spiro atoms. The van der Waals surface area contributed by atoms with E-state index in [0.29, 0.717) is 5.82 Å². The zero-order chi connectivity index (χ0) is 26.4. The number of anilines is 1. The van der Waals surface area contributed by atoms with Crippen LogP contribution in [-0.2, 0) is 4.74 Å². The highest BCUT2D eigenvalue weighted by molar-refractivity contribution is 6.33. The molecule has 3 atom stereocenters. The molecule has 5 aromatic carbocycles. The molecule has 1 fully saturated rings. The number of nitrogens with two attached hydrogens (primary N) is 1. The molecule has 5 N–H and O–H groups in total. The summed E-state index contributed by atoms with van der Waals surface area (Å²) < 4.78 is 7.83. The number of aliphatic hydroxyl groups excluding tert-OH is 2. The van der Waals surface area contributed by atoms with E-state index in [-0.39, 0.29) is 30.1 Å². The van der Waals surface area contributed by atoms with Crippen molar-refractivity contribution < 1.29 is 14.9 Å². The maximum absolute atomic E-state index is 13.0. The Bertz CT molecular complexity index is 2130. The van der Waals surface area contributed by atoms with Crippen molar-refractivity contribution in [3.05, 3.63) is 77.1 Å². The van der Waals surface area contributed by atoms with E-state index >= 15 is 0 Å². The van der Waals surface area contributed by atoms with Gasteiger partial charge in [-0.25, -0.2) is 4.98 Å². The van der Waals surface area contributed by atoms with Crippen LogP contribution in [0.4, 0.5) is 5.95 Å². The van der Waals surface area contributed by atoms with Crippen LogP contribution in [0.25, 0.3) is 65.6 Å². The Hall–Kier alpha value is -4.57. The Morgan fingerprint density at radius 3 is 2.41 bits per heavy atom. The summed E-state index contributed by atoms with van der Waals surface area (Å²) in [4.78, 5) is 24.9. The summed E-state index contributed by atoms with van der Waals surface area (Å²) in [7, 11) is 0. The van der Waals surface area contributed by atoms with E-state index in [2.05, 4.69) is 64.6 Å². The van der Waals surface area contributed by atoms with Crippen molar-refractivity contribution in [1.82, 2.24) is 19.5 Å². The number of benzene rings is 5. The van der Waals surface area contributed by atoms with Crippen molar-refractivity contribution in [2.75, 3.05) is 12.3 Å². The first kappa shape index (κ1) is 22.4. The molecule has 192 valence electrons. The second kappa shape index (κ2) is 7.97. The number of aromatic amines is 1. The number of aromatic nitrogens is 4. The number of hydrogen-bond donors (Lipinski definition) is 4. The number of nitrogens with zero attached hydrogens (tertiary/aromatic N) is 3. The molecule has 0 saturated carbocycles. The molecule has 8 rings (SSSR count). The SMILES string of the molecule is Nc1nc2c(nc(-c3c4ccccc4c4ccc5cccc6ccc3c4c65)n2C2CC(O)C(CO)O2)c(=O)[nH]1. The Kier molecular flexibility index (Phi) is 4.58. The number of ether oxygens (including phenoxy) is 1. The van der Waals surface area contributed by atoms with E-state index in [9.17, 15) is 15.0 Å². The highest BCUT2D eigenvalue weighted by atomic mass is 16.5. The lowest BCUT2D eigenvalue weighted by Crippen LogP contribution is -2.24. The monoisotopic (exact) mass is 517 g/mol. The number of rotatable bonds is 3. The molecule has 1 aliphatic rings. The van der Waals surface area contributed by atoms with Gasteiger partial charge in [0.05, 0.1) is 12.7 Å². The van der Waals surface area contributed by atoms with Crippen molar-refractivity contribution in [3.8, 4) is 11.4 Å². The smallest absolute Gasteiger partial charge is 0.280 e. The molecule has 39 heavy (non-hydrogen) atoms. The van der Waals surface area contributed by atoms with Gasteiger partial charge in [-0.3, -0.25) is 14.3 Å². The molecule has 9 nitrogen and oxygen atoms in total. The first-order valence-electron chi connectivity index (χ1n) is 12.8. The second-order valence-electron chi connectivity index (χ2n) is 10.1. The highest BCUT2D eigenvalue weighted by Gasteiger charge is 2.37. The van der Waals surface area contributed by atoms with Gasteiger partial charge in [-0.1, -0.05) is 66.7 Å². The molecule has 7 aromatic rings. The summed E-state index contributed by atoms with van der Waals surface area (Å²) in [5.74, 6) is 0.441. The van der Waals surface area contributed by atoms with Crippen LogP contribution in [0.1, 0.15) is 12.6 Å². The molecule has 2 aromatic heterocycles. The van der Waals surface area contributed by atoms with E-state index in [1.165, 1.54) is 0 Å². The number of hydrogen-bond acceptors (Lipinski definition) is 7. The number of nitrogens with one attached hydrogen (secondary N) is 1. The second-order valence-corrected chi connectivity index (χ2v) is 10.1. The Labute approximate surface area is 220 Å². The largest absolute Gasteiger partial charge is 0.394 e. The minimum Gasteiger partial charge on any atom is -0.394 e. The molecule has 0 radical (unpaired) electrons. The lowest BCUT2D eigenvalue weighted by molar-refractivity contribution is -0.0426. The summed E-state index contributed by atoms with van der Waals surface area (Å²) in [6.45, 7) is -0.336. The first-order valence-corrected chi connectivity index (χ1v) is 12.8. The Morgan fingerprint density at radius 2 is 1.67 bits per heavy atom. The number of fused-ring (bicyclic) bond motifs is 3. The van der Waals surface area contributed by atoms with Gasteiger partial charge in [0.1, 0.15) is 18.2 Å². The fraction of sp³-hybridized carbons (Fsp3) is 0.167. The lowest BCUT2D eigenvalue weighted by atomic mass is 9.87. The van der Waals surface area contributed by atoms with Crippen LogP contribution in [0.2, 0.25) is 0 Å². The quantitative estimate of drug-likeness (QED) is 0.205. The van der Waals surface area contributed by atoms with Crippen LogP contribution in [0.5, 0.6) is 0 Å². The van der Waals surface area contributed by atoms with Gasteiger partial charge in [-0.2, -0.15) is 4.98 Å². The predicted octanol–water partition coefficient (Wildman–Crippen LogP) is 4.06. The number of imidazole rings is 1. The van der Waals surface area contributed by atoms with Gasteiger partial charge in [0.25, 0.3) is 5.56 Å². The van der Waals surface area contributed by atoms with E-state index in [4.69, 9.17) is 15.5 Å². The molecule has 0 aliphatic carbocycles. The molecule has 3 unspecified atom stereocenters. The van der Waals surface area contributed by atoms with Crippen molar-refractivity contribution >= 4 is 60.2 Å². The topological polar surface area (TPSA) is 139 Å². The number of nitrogen functional groups attached to an aromatic ring is 1. The van der Waals surface area contributed by atoms with Crippen LogP contribution < -0.4 is 11.3 Å². The van der Waals surface area contributed by atoms with Crippen molar-refractivity contribution in [2.24, 2.45) is 0 Å². The van der Waals surface area contributed by atoms with Crippen molar-refractivity contribution in [2.45, 2.75) is 24.9 Å². The molecule has 0 bridgehead atoms. The summed E-state index contributed by atoms with van der Waals surface area (Å²) in [6.07, 6.45) is -2.18.